The van der Waals surface area contributed by atoms with Crippen molar-refractivity contribution in [3.63, 3.8) is 0 Å². The number of nitrogens with zero attached hydrogens (tertiary/aromatic N) is 3. The predicted molar refractivity (Wildman–Crippen MR) is 107 cm³/mol. The van der Waals surface area contributed by atoms with Gasteiger partial charge in [-0.25, -0.2) is 4.68 Å². The summed E-state index contributed by atoms with van der Waals surface area (Å²) >= 11 is 1.59. The molecule has 0 amide bonds. The highest BCUT2D eigenvalue weighted by molar-refractivity contribution is 7.18. The summed E-state index contributed by atoms with van der Waals surface area (Å²) in [7, 11) is 0. The first-order chi connectivity index (χ1) is 12.8. The van der Waals surface area contributed by atoms with E-state index < -0.39 is 0 Å². The molecule has 0 spiro atoms. The number of carbonyl (C=O) groups is 1. The Kier molecular flexibility index (Phi) is 4.46. The summed E-state index contributed by atoms with van der Waals surface area (Å²) in [6.45, 7) is 6.74. The first kappa shape index (κ1) is 18.0. The van der Waals surface area contributed by atoms with Crippen molar-refractivity contribution in [2.45, 2.75) is 46.6 Å². The highest BCUT2D eigenvalue weighted by Gasteiger charge is 2.32. The maximum Gasteiger partial charge on any atom is 0.279 e. The van der Waals surface area contributed by atoms with Gasteiger partial charge in [-0.3, -0.25) is 9.59 Å². The van der Waals surface area contributed by atoms with E-state index in [1.807, 2.05) is 18.2 Å². The summed E-state index contributed by atoms with van der Waals surface area (Å²) in [5.74, 6) is 0.469. The van der Waals surface area contributed by atoms with E-state index in [9.17, 15) is 9.59 Å². The van der Waals surface area contributed by atoms with E-state index >= 15 is 0 Å². The van der Waals surface area contributed by atoms with E-state index in [-0.39, 0.29) is 23.3 Å². The summed E-state index contributed by atoms with van der Waals surface area (Å²) in [5, 5.41) is 8.95. The monoisotopic (exact) mass is 381 g/mol. The Hall–Kier alpha value is -2.34. The molecule has 1 aromatic carbocycles. The lowest BCUT2D eigenvalue weighted by Gasteiger charge is -2.33. The number of fused-ring (bicyclic) bond motifs is 3. The zero-order chi connectivity index (χ0) is 19.2. The Morgan fingerprint density at radius 3 is 2.70 bits per heavy atom. The third kappa shape index (κ3) is 3.34. The molecule has 2 aromatic heterocycles. The summed E-state index contributed by atoms with van der Waals surface area (Å²) in [5.41, 5.74) is 1.75. The SMILES string of the molecule is CC(C)(C)[C@H]1CCc2c(sc3nnn(CC(=O)c4ccccc4)c(=O)c23)C1. The molecule has 0 radical (unpaired) electrons. The number of hydrogen-bond acceptors (Lipinski definition) is 5. The van der Waals surface area contributed by atoms with E-state index in [1.54, 1.807) is 23.5 Å². The minimum atomic E-state index is -0.198. The number of Topliss-reactive ketones (excluding diaryl/α,β-unsaturated/α-hetero) is 1. The second-order valence-corrected chi connectivity index (χ2v) is 9.41. The topological polar surface area (TPSA) is 64.8 Å². The first-order valence-corrected chi connectivity index (χ1v) is 10.1. The second-order valence-electron chi connectivity index (χ2n) is 8.33. The van der Waals surface area contributed by atoms with Crippen LogP contribution in [0.2, 0.25) is 0 Å². The van der Waals surface area contributed by atoms with Crippen molar-refractivity contribution < 1.29 is 4.79 Å². The van der Waals surface area contributed by atoms with Gasteiger partial charge >= 0.3 is 0 Å². The highest BCUT2D eigenvalue weighted by Crippen LogP contribution is 2.41. The molecule has 2 heterocycles. The predicted octanol–water partition coefficient (Wildman–Crippen LogP) is 3.89. The van der Waals surface area contributed by atoms with Crippen molar-refractivity contribution in [2.24, 2.45) is 11.3 Å². The minimum absolute atomic E-state index is 0.0823. The van der Waals surface area contributed by atoms with Gasteiger partial charge in [0.05, 0.1) is 5.39 Å². The van der Waals surface area contributed by atoms with Gasteiger partial charge in [0, 0.05) is 10.4 Å². The average Bonchev–Trinajstić information content (AvgIpc) is 3.02. The fourth-order valence-electron chi connectivity index (χ4n) is 3.82. The summed E-state index contributed by atoms with van der Waals surface area (Å²) in [6.07, 6.45) is 2.96. The van der Waals surface area contributed by atoms with E-state index in [0.29, 0.717) is 21.7 Å². The molecule has 3 aromatic rings. The van der Waals surface area contributed by atoms with Gasteiger partial charge in [0.2, 0.25) is 0 Å². The lowest BCUT2D eigenvalue weighted by molar-refractivity contribution is 0.0964. The van der Waals surface area contributed by atoms with Crippen LogP contribution in [0, 0.1) is 11.3 Å². The molecule has 27 heavy (non-hydrogen) atoms. The third-order valence-corrected chi connectivity index (χ3v) is 6.69. The van der Waals surface area contributed by atoms with Crippen molar-refractivity contribution in [3.05, 3.63) is 56.7 Å². The molecule has 1 aliphatic carbocycles. The maximum absolute atomic E-state index is 13.0. The molecule has 0 unspecified atom stereocenters. The van der Waals surface area contributed by atoms with Crippen molar-refractivity contribution in [1.82, 2.24) is 15.0 Å². The standard InChI is InChI=1S/C21H23N3O2S/c1-21(2,3)14-9-10-15-17(11-14)27-19-18(15)20(26)24(23-22-19)12-16(25)13-7-5-4-6-8-13/h4-8,14H,9-12H2,1-3H3/t14-/m0/s1. The van der Waals surface area contributed by atoms with E-state index in [4.69, 9.17) is 0 Å². The Morgan fingerprint density at radius 2 is 2.00 bits per heavy atom. The zero-order valence-electron chi connectivity index (χ0n) is 15.9. The van der Waals surface area contributed by atoms with Gasteiger partial charge in [0.15, 0.2) is 10.6 Å². The molecule has 0 saturated heterocycles. The van der Waals surface area contributed by atoms with Crippen LogP contribution in [0.3, 0.4) is 0 Å². The molecule has 5 nitrogen and oxygen atoms in total. The van der Waals surface area contributed by atoms with Crippen molar-refractivity contribution in [2.75, 3.05) is 0 Å². The van der Waals surface area contributed by atoms with Crippen LogP contribution >= 0.6 is 11.3 Å². The average molecular weight is 382 g/mol. The van der Waals surface area contributed by atoms with Crippen LogP contribution in [0.5, 0.6) is 0 Å². The fraction of sp³-hybridized carbons (Fsp3) is 0.429. The number of thiophene rings is 1. The number of ketones is 1. The van der Waals surface area contributed by atoms with Crippen LogP contribution in [-0.2, 0) is 19.4 Å². The largest absolute Gasteiger partial charge is 0.292 e. The van der Waals surface area contributed by atoms with Crippen LogP contribution in [0.1, 0.15) is 48.0 Å². The van der Waals surface area contributed by atoms with E-state index in [1.165, 1.54) is 9.56 Å². The van der Waals surface area contributed by atoms with E-state index in [2.05, 4.69) is 31.1 Å². The van der Waals surface area contributed by atoms with Gasteiger partial charge in [0.25, 0.3) is 5.56 Å². The van der Waals surface area contributed by atoms with Gasteiger partial charge in [-0.2, -0.15) is 0 Å². The van der Waals surface area contributed by atoms with E-state index in [0.717, 1.165) is 24.8 Å². The lowest BCUT2D eigenvalue weighted by Crippen LogP contribution is -2.29. The zero-order valence-corrected chi connectivity index (χ0v) is 16.7. The second kappa shape index (κ2) is 6.68. The smallest absolute Gasteiger partial charge is 0.279 e. The number of carbonyl (C=O) groups excluding carboxylic acids is 1. The molecular formula is C21H23N3O2S. The molecular weight excluding hydrogens is 358 g/mol. The van der Waals surface area contributed by atoms with Crippen LogP contribution in [0.4, 0.5) is 0 Å². The van der Waals surface area contributed by atoms with Gasteiger partial charge < -0.3 is 0 Å². The van der Waals surface area contributed by atoms with Gasteiger partial charge in [0.1, 0.15) is 6.54 Å². The third-order valence-electron chi connectivity index (χ3n) is 5.55. The lowest BCUT2D eigenvalue weighted by atomic mass is 9.72. The van der Waals surface area contributed by atoms with Crippen molar-refractivity contribution in [3.8, 4) is 0 Å². The van der Waals surface area contributed by atoms with Gasteiger partial charge in [-0.1, -0.05) is 56.3 Å². The molecule has 140 valence electrons. The number of rotatable bonds is 3. The molecule has 0 saturated carbocycles. The molecule has 6 heteroatoms. The normalized spacial score (nSPS) is 17.1. The molecule has 4 rings (SSSR count). The van der Waals surface area contributed by atoms with Crippen molar-refractivity contribution >= 4 is 27.3 Å². The number of aryl methyl sites for hydroxylation is 1. The fourth-order valence-corrected chi connectivity index (χ4v) is 5.06. The number of aromatic nitrogens is 3. The Bertz CT molecular complexity index is 1060. The molecule has 0 fully saturated rings. The highest BCUT2D eigenvalue weighted by atomic mass is 32.1. The number of benzene rings is 1. The van der Waals surface area contributed by atoms with Crippen LogP contribution in [0.15, 0.2) is 35.1 Å². The minimum Gasteiger partial charge on any atom is -0.292 e. The Balaban J connectivity index is 1.69. The molecule has 1 atom stereocenters. The first-order valence-electron chi connectivity index (χ1n) is 9.31. The molecule has 0 N–H and O–H groups in total. The number of hydrogen-bond donors (Lipinski definition) is 0. The van der Waals surface area contributed by atoms with Crippen LogP contribution in [0.25, 0.3) is 10.2 Å². The van der Waals surface area contributed by atoms with Gasteiger partial charge in [-0.05, 0) is 36.2 Å². The summed E-state index contributed by atoms with van der Waals surface area (Å²) < 4.78 is 1.21. The Morgan fingerprint density at radius 1 is 1.26 bits per heavy atom. The Labute approximate surface area is 162 Å². The molecule has 1 aliphatic rings. The van der Waals surface area contributed by atoms with Gasteiger partial charge in [-0.15, -0.1) is 16.4 Å². The molecule has 0 aliphatic heterocycles. The maximum atomic E-state index is 13.0. The summed E-state index contributed by atoms with van der Waals surface area (Å²) in [4.78, 5) is 27.4. The quantitative estimate of drug-likeness (QED) is 0.646. The van der Waals surface area contributed by atoms with Crippen molar-refractivity contribution in [1.29, 1.82) is 0 Å². The summed E-state index contributed by atoms with van der Waals surface area (Å²) in [6, 6.07) is 8.98. The van der Waals surface area contributed by atoms with Crippen LogP contribution < -0.4 is 5.56 Å². The molecule has 0 bridgehead atoms. The van der Waals surface area contributed by atoms with Crippen LogP contribution in [-0.4, -0.2) is 20.8 Å².